The maximum Gasteiger partial charge on any atom is 0.220 e. The average molecular weight is 492 g/mol. The van der Waals surface area contributed by atoms with E-state index in [1.165, 1.54) is 0 Å². The van der Waals surface area contributed by atoms with E-state index in [4.69, 9.17) is 26.1 Å². The van der Waals surface area contributed by atoms with Crippen molar-refractivity contribution in [2.75, 3.05) is 27.4 Å². The summed E-state index contributed by atoms with van der Waals surface area (Å²) in [5.41, 5.74) is 6.95. The number of carbonyl (C=O) groups is 1. The van der Waals surface area contributed by atoms with Crippen LogP contribution in [-0.4, -0.2) is 42.7 Å². The normalized spacial score (nSPS) is 11.1. The van der Waals surface area contributed by atoms with E-state index in [9.17, 15) is 4.79 Å². The number of amides is 1. The molecular formula is C28H30ClN3O3. The summed E-state index contributed by atoms with van der Waals surface area (Å²) in [4.78, 5) is 17.5. The molecule has 0 spiro atoms. The number of ether oxygens (including phenoxy) is 2. The highest BCUT2D eigenvalue weighted by Crippen LogP contribution is 2.31. The standard InChI is InChI=1S/C28H30ClN3O3/c1-19-17-22(29)8-11-24(19)21-7-13-26-31-28(20-5-9-23(35-3)10-6-20)25(32(26)18-21)12-14-27(33)30-15-4-16-34-2/h5-11,13,17-18H,4,12,14-16H2,1-3H3,(H,30,33). The molecule has 0 aliphatic carbocycles. The molecule has 7 heteroatoms. The van der Waals surface area contributed by atoms with Crippen molar-refractivity contribution in [1.29, 1.82) is 0 Å². The van der Waals surface area contributed by atoms with E-state index in [0.717, 1.165) is 51.5 Å². The Morgan fingerprint density at radius 3 is 2.54 bits per heavy atom. The molecule has 1 N–H and O–H groups in total. The zero-order valence-corrected chi connectivity index (χ0v) is 21.1. The van der Waals surface area contributed by atoms with Crippen molar-refractivity contribution in [3.8, 4) is 28.1 Å². The summed E-state index contributed by atoms with van der Waals surface area (Å²) < 4.78 is 12.5. The van der Waals surface area contributed by atoms with Crippen LogP contribution < -0.4 is 10.1 Å². The quantitative estimate of drug-likeness (QED) is 0.288. The number of hydrogen-bond donors (Lipinski definition) is 1. The molecule has 2 aromatic carbocycles. The number of hydrogen-bond acceptors (Lipinski definition) is 4. The van der Waals surface area contributed by atoms with Crippen LogP contribution in [0.1, 0.15) is 24.1 Å². The molecular weight excluding hydrogens is 462 g/mol. The van der Waals surface area contributed by atoms with E-state index in [0.29, 0.717) is 31.0 Å². The lowest BCUT2D eigenvalue weighted by Gasteiger charge is -2.10. The molecule has 0 fully saturated rings. The number of nitrogens with zero attached hydrogens (tertiary/aromatic N) is 2. The molecule has 4 aromatic rings. The van der Waals surface area contributed by atoms with Gasteiger partial charge in [0.2, 0.25) is 5.91 Å². The predicted octanol–water partition coefficient (Wildman–Crippen LogP) is 5.72. The highest BCUT2D eigenvalue weighted by atomic mass is 35.5. The van der Waals surface area contributed by atoms with Crippen LogP contribution in [0.4, 0.5) is 0 Å². The summed E-state index contributed by atoms with van der Waals surface area (Å²) in [5, 5.41) is 3.69. The van der Waals surface area contributed by atoms with Crippen LogP contribution >= 0.6 is 11.6 Å². The van der Waals surface area contributed by atoms with Crippen LogP contribution in [-0.2, 0) is 16.0 Å². The molecule has 2 aromatic heterocycles. The van der Waals surface area contributed by atoms with Crippen molar-refractivity contribution < 1.29 is 14.3 Å². The third kappa shape index (κ3) is 5.84. The fourth-order valence-electron chi connectivity index (χ4n) is 4.19. The largest absolute Gasteiger partial charge is 0.497 e. The summed E-state index contributed by atoms with van der Waals surface area (Å²) in [5.74, 6) is 0.802. The third-order valence-electron chi connectivity index (χ3n) is 6.02. The average Bonchev–Trinajstić information content (AvgIpc) is 3.23. The first-order valence-electron chi connectivity index (χ1n) is 11.7. The number of pyridine rings is 1. The molecule has 4 rings (SSSR count). The molecule has 0 atom stereocenters. The van der Waals surface area contributed by atoms with Gasteiger partial charge in [0.15, 0.2) is 0 Å². The molecule has 1 amide bonds. The van der Waals surface area contributed by atoms with Crippen molar-refractivity contribution >= 4 is 23.2 Å². The van der Waals surface area contributed by atoms with Gasteiger partial charge in [-0.25, -0.2) is 4.98 Å². The van der Waals surface area contributed by atoms with Gasteiger partial charge < -0.3 is 19.2 Å². The van der Waals surface area contributed by atoms with E-state index in [1.54, 1.807) is 14.2 Å². The third-order valence-corrected chi connectivity index (χ3v) is 6.25. The summed E-state index contributed by atoms with van der Waals surface area (Å²) in [6.45, 7) is 3.28. The zero-order valence-electron chi connectivity index (χ0n) is 20.3. The smallest absolute Gasteiger partial charge is 0.220 e. The number of halogens is 1. The number of fused-ring (bicyclic) bond motifs is 1. The number of rotatable bonds is 10. The Kier molecular flexibility index (Phi) is 8.06. The Bertz CT molecular complexity index is 1320. The zero-order chi connectivity index (χ0) is 24.8. The fraction of sp³-hybridized carbons (Fsp3) is 0.286. The van der Waals surface area contributed by atoms with Gasteiger partial charge in [0, 0.05) is 43.5 Å². The van der Waals surface area contributed by atoms with E-state index >= 15 is 0 Å². The highest BCUT2D eigenvalue weighted by Gasteiger charge is 2.17. The van der Waals surface area contributed by atoms with E-state index in [-0.39, 0.29) is 5.91 Å². The first-order valence-corrected chi connectivity index (χ1v) is 12.1. The van der Waals surface area contributed by atoms with Gasteiger partial charge in [-0.05, 0) is 85.0 Å². The summed E-state index contributed by atoms with van der Waals surface area (Å²) in [6, 6.07) is 17.8. The molecule has 0 unspecified atom stereocenters. The number of aromatic nitrogens is 2. The van der Waals surface area contributed by atoms with E-state index in [1.807, 2.05) is 48.5 Å². The molecule has 182 valence electrons. The van der Waals surface area contributed by atoms with E-state index in [2.05, 4.69) is 28.9 Å². The molecule has 6 nitrogen and oxygen atoms in total. The SMILES string of the molecule is COCCCNC(=O)CCc1c(-c2ccc(OC)cc2)nc2ccc(-c3ccc(Cl)cc3C)cn12. The molecule has 0 saturated heterocycles. The Labute approximate surface area is 210 Å². The Morgan fingerprint density at radius 2 is 1.83 bits per heavy atom. The second kappa shape index (κ2) is 11.4. The molecule has 0 radical (unpaired) electrons. The van der Waals surface area contributed by atoms with E-state index < -0.39 is 0 Å². The van der Waals surface area contributed by atoms with Gasteiger partial charge in [0.1, 0.15) is 11.4 Å². The van der Waals surface area contributed by atoms with Crippen LogP contribution in [0, 0.1) is 6.92 Å². The number of carbonyl (C=O) groups excluding carboxylic acids is 1. The van der Waals surface area contributed by atoms with Gasteiger partial charge in [0.05, 0.1) is 18.5 Å². The van der Waals surface area contributed by atoms with Gasteiger partial charge in [-0.15, -0.1) is 0 Å². The van der Waals surface area contributed by atoms with Gasteiger partial charge in [-0.2, -0.15) is 0 Å². The fourth-order valence-corrected chi connectivity index (χ4v) is 4.41. The van der Waals surface area contributed by atoms with Gasteiger partial charge >= 0.3 is 0 Å². The summed E-state index contributed by atoms with van der Waals surface area (Å²) >= 11 is 6.17. The first-order chi connectivity index (χ1) is 17.0. The first kappa shape index (κ1) is 24.8. The lowest BCUT2D eigenvalue weighted by atomic mass is 10.0. The number of imidazole rings is 1. The summed E-state index contributed by atoms with van der Waals surface area (Å²) in [7, 11) is 3.31. The highest BCUT2D eigenvalue weighted by molar-refractivity contribution is 6.30. The van der Waals surface area contributed by atoms with Gasteiger partial charge in [-0.1, -0.05) is 17.7 Å². The molecule has 0 aliphatic heterocycles. The molecule has 0 bridgehead atoms. The predicted molar refractivity (Wildman–Crippen MR) is 140 cm³/mol. The minimum Gasteiger partial charge on any atom is -0.497 e. The Balaban J connectivity index is 1.70. The van der Waals surface area contributed by atoms with Crippen LogP contribution in [0.15, 0.2) is 60.8 Å². The van der Waals surface area contributed by atoms with Crippen LogP contribution in [0.2, 0.25) is 5.02 Å². The maximum atomic E-state index is 12.5. The molecule has 35 heavy (non-hydrogen) atoms. The lowest BCUT2D eigenvalue weighted by molar-refractivity contribution is -0.121. The van der Waals surface area contributed by atoms with Gasteiger partial charge in [0.25, 0.3) is 0 Å². The molecule has 0 saturated carbocycles. The van der Waals surface area contributed by atoms with Crippen LogP contribution in [0.5, 0.6) is 5.75 Å². The topological polar surface area (TPSA) is 64.9 Å². The summed E-state index contributed by atoms with van der Waals surface area (Å²) in [6.07, 6.45) is 3.81. The van der Waals surface area contributed by atoms with Crippen molar-refractivity contribution in [3.63, 3.8) is 0 Å². The minimum atomic E-state index is 0.0152. The number of benzene rings is 2. The van der Waals surface area contributed by atoms with Gasteiger partial charge in [-0.3, -0.25) is 4.79 Å². The Hall–Kier alpha value is -3.35. The maximum absolute atomic E-state index is 12.5. The monoisotopic (exact) mass is 491 g/mol. The van der Waals surface area contributed by atoms with Crippen molar-refractivity contribution in [1.82, 2.24) is 14.7 Å². The second-order valence-electron chi connectivity index (χ2n) is 8.44. The number of methoxy groups -OCH3 is 2. The van der Waals surface area contributed by atoms with Crippen molar-refractivity contribution in [3.05, 3.63) is 77.1 Å². The number of aryl methyl sites for hydroxylation is 2. The van der Waals surface area contributed by atoms with Crippen LogP contribution in [0.3, 0.4) is 0 Å². The Morgan fingerprint density at radius 1 is 1.06 bits per heavy atom. The lowest BCUT2D eigenvalue weighted by Crippen LogP contribution is -2.25. The van der Waals surface area contributed by atoms with Crippen LogP contribution in [0.25, 0.3) is 28.0 Å². The van der Waals surface area contributed by atoms with Crippen molar-refractivity contribution in [2.45, 2.75) is 26.2 Å². The minimum absolute atomic E-state index is 0.0152. The molecule has 2 heterocycles. The second-order valence-corrected chi connectivity index (χ2v) is 8.87. The van der Waals surface area contributed by atoms with Crippen molar-refractivity contribution in [2.24, 2.45) is 0 Å². The number of nitrogens with one attached hydrogen (secondary N) is 1. The molecule has 0 aliphatic rings.